The minimum absolute atomic E-state index is 0.178. The summed E-state index contributed by atoms with van der Waals surface area (Å²) in [6.07, 6.45) is 4.05. The first-order chi connectivity index (χ1) is 11.5. The number of esters is 1. The van der Waals surface area contributed by atoms with Crippen molar-refractivity contribution in [3.05, 3.63) is 36.0 Å². The highest BCUT2D eigenvalue weighted by atomic mass is 32.2. The van der Waals surface area contributed by atoms with E-state index < -0.39 is 16.0 Å². The molecule has 1 aromatic rings. The van der Waals surface area contributed by atoms with Crippen LogP contribution in [0.5, 0.6) is 0 Å². The van der Waals surface area contributed by atoms with Gasteiger partial charge in [-0.05, 0) is 37.1 Å². The fourth-order valence-electron chi connectivity index (χ4n) is 2.38. The van der Waals surface area contributed by atoms with Gasteiger partial charge in [0.25, 0.3) is 0 Å². The van der Waals surface area contributed by atoms with E-state index in [9.17, 15) is 13.2 Å². The van der Waals surface area contributed by atoms with E-state index >= 15 is 0 Å². The van der Waals surface area contributed by atoms with E-state index in [1.165, 1.54) is 29.7 Å². The lowest BCUT2D eigenvalue weighted by atomic mass is 10.2. The Kier molecular flexibility index (Phi) is 5.95. The number of piperidine rings is 1. The molecule has 0 unspecified atom stereocenters. The van der Waals surface area contributed by atoms with E-state index in [2.05, 4.69) is 10.1 Å². The summed E-state index contributed by atoms with van der Waals surface area (Å²) in [5, 5.41) is 11.6. The third kappa shape index (κ3) is 4.13. The minimum Gasteiger partial charge on any atom is -0.465 e. The number of benzene rings is 1. The van der Waals surface area contributed by atoms with Crippen molar-refractivity contribution in [1.29, 1.82) is 5.26 Å². The summed E-state index contributed by atoms with van der Waals surface area (Å²) in [5.74, 6) is -0.741. The summed E-state index contributed by atoms with van der Waals surface area (Å²) >= 11 is 0. The second-order valence-electron chi connectivity index (χ2n) is 5.29. The average molecular weight is 349 g/mol. The molecule has 1 aliphatic rings. The monoisotopic (exact) mass is 349 g/mol. The quantitative estimate of drug-likeness (QED) is 0.495. The van der Waals surface area contributed by atoms with Crippen LogP contribution in [0.2, 0.25) is 0 Å². The van der Waals surface area contributed by atoms with Gasteiger partial charge in [0.2, 0.25) is 10.0 Å². The number of nitrogens with one attached hydrogen (secondary N) is 1. The van der Waals surface area contributed by atoms with Gasteiger partial charge < -0.3 is 10.1 Å². The molecule has 7 nitrogen and oxygen atoms in total. The van der Waals surface area contributed by atoms with Crippen molar-refractivity contribution in [1.82, 2.24) is 4.31 Å². The highest BCUT2D eigenvalue weighted by molar-refractivity contribution is 7.89. The topological polar surface area (TPSA) is 99.5 Å². The fraction of sp³-hybridized carbons (Fsp3) is 0.375. The van der Waals surface area contributed by atoms with Gasteiger partial charge >= 0.3 is 5.97 Å². The molecule has 0 saturated carbocycles. The zero-order valence-electron chi connectivity index (χ0n) is 13.4. The number of nitrogens with zero attached hydrogens (tertiary/aromatic N) is 2. The fourth-order valence-corrected chi connectivity index (χ4v) is 3.90. The van der Waals surface area contributed by atoms with Gasteiger partial charge in [-0.2, -0.15) is 9.57 Å². The molecule has 2 rings (SSSR count). The molecule has 0 amide bonds. The number of methoxy groups -OCH3 is 1. The van der Waals surface area contributed by atoms with E-state index in [-0.39, 0.29) is 10.5 Å². The molecule has 1 saturated heterocycles. The summed E-state index contributed by atoms with van der Waals surface area (Å²) in [7, 11) is -2.28. The van der Waals surface area contributed by atoms with Gasteiger partial charge in [-0.1, -0.05) is 6.42 Å². The Morgan fingerprint density at radius 3 is 2.42 bits per heavy atom. The van der Waals surface area contributed by atoms with Crippen LogP contribution in [0, 0.1) is 11.3 Å². The van der Waals surface area contributed by atoms with Crippen LogP contribution in [-0.4, -0.2) is 38.9 Å². The van der Waals surface area contributed by atoms with Gasteiger partial charge in [0.05, 0.1) is 12.0 Å². The predicted octanol–water partition coefficient (Wildman–Crippen LogP) is 1.85. The maximum absolute atomic E-state index is 12.5. The molecule has 128 valence electrons. The highest BCUT2D eigenvalue weighted by Crippen LogP contribution is 2.22. The Morgan fingerprint density at radius 2 is 1.88 bits per heavy atom. The zero-order chi connectivity index (χ0) is 17.6. The van der Waals surface area contributed by atoms with Crippen molar-refractivity contribution in [2.75, 3.05) is 25.5 Å². The molecule has 8 heteroatoms. The number of nitriles is 1. The molecular weight excluding hydrogens is 330 g/mol. The lowest BCUT2D eigenvalue weighted by Gasteiger charge is -2.25. The minimum atomic E-state index is -3.47. The molecule has 1 aliphatic heterocycles. The van der Waals surface area contributed by atoms with Crippen LogP contribution in [0.3, 0.4) is 0 Å². The van der Waals surface area contributed by atoms with Crippen molar-refractivity contribution in [3.63, 3.8) is 0 Å². The molecular formula is C16H19N3O4S. The van der Waals surface area contributed by atoms with E-state index in [4.69, 9.17) is 5.26 Å². The summed E-state index contributed by atoms with van der Waals surface area (Å²) in [6, 6.07) is 7.90. The molecule has 0 radical (unpaired) electrons. The first-order valence-electron chi connectivity index (χ1n) is 7.54. The van der Waals surface area contributed by atoms with E-state index in [1.807, 2.05) is 0 Å². The Labute approximate surface area is 141 Å². The maximum Gasteiger partial charge on any atom is 0.350 e. The van der Waals surface area contributed by atoms with E-state index in [0.29, 0.717) is 18.8 Å². The summed E-state index contributed by atoms with van der Waals surface area (Å²) in [6.45, 7) is 1.10. The number of rotatable bonds is 5. The number of sulfonamides is 1. The van der Waals surface area contributed by atoms with E-state index in [0.717, 1.165) is 19.3 Å². The van der Waals surface area contributed by atoms with E-state index in [1.54, 1.807) is 18.2 Å². The normalized spacial score (nSPS) is 16.2. The second kappa shape index (κ2) is 7.95. The molecule has 1 heterocycles. The molecule has 0 bridgehead atoms. The third-order valence-electron chi connectivity index (χ3n) is 3.72. The van der Waals surface area contributed by atoms with Crippen LogP contribution in [0.15, 0.2) is 40.9 Å². The molecule has 0 aliphatic carbocycles. The predicted molar refractivity (Wildman–Crippen MR) is 88.4 cm³/mol. The first kappa shape index (κ1) is 18.0. The van der Waals surface area contributed by atoms with Gasteiger partial charge in [-0.25, -0.2) is 13.2 Å². The van der Waals surface area contributed by atoms with Crippen LogP contribution >= 0.6 is 0 Å². The lowest BCUT2D eigenvalue weighted by molar-refractivity contribution is -0.135. The number of hydrogen-bond acceptors (Lipinski definition) is 6. The number of anilines is 1. The Morgan fingerprint density at radius 1 is 1.25 bits per heavy atom. The second-order valence-corrected chi connectivity index (χ2v) is 7.23. The number of carbonyl (C=O) groups excluding carboxylic acids is 1. The van der Waals surface area contributed by atoms with Gasteiger partial charge in [-0.3, -0.25) is 0 Å². The van der Waals surface area contributed by atoms with Gasteiger partial charge in [0, 0.05) is 25.0 Å². The molecule has 0 atom stereocenters. The largest absolute Gasteiger partial charge is 0.465 e. The van der Waals surface area contributed by atoms with Crippen LogP contribution < -0.4 is 5.32 Å². The highest BCUT2D eigenvalue weighted by Gasteiger charge is 2.25. The van der Waals surface area contributed by atoms with Crippen molar-refractivity contribution < 1.29 is 17.9 Å². The first-order valence-corrected chi connectivity index (χ1v) is 8.98. The molecule has 0 aromatic heterocycles. The van der Waals surface area contributed by atoms with Crippen LogP contribution in [0.4, 0.5) is 5.69 Å². The smallest absolute Gasteiger partial charge is 0.350 e. The summed E-state index contributed by atoms with van der Waals surface area (Å²) in [5.41, 5.74) is 0.381. The average Bonchev–Trinajstić information content (AvgIpc) is 2.63. The van der Waals surface area contributed by atoms with Crippen molar-refractivity contribution in [2.45, 2.75) is 24.2 Å². The number of carbonyl (C=O) groups is 1. The van der Waals surface area contributed by atoms with Crippen LogP contribution in [0.25, 0.3) is 0 Å². The zero-order valence-corrected chi connectivity index (χ0v) is 14.2. The standard InChI is InChI=1S/C16H19N3O4S/c1-23-16(20)13(11-17)12-18-14-5-7-15(8-6-14)24(21,22)19-9-3-2-4-10-19/h5-8,12,18H,2-4,9-10H2,1H3/b13-12+. The molecule has 24 heavy (non-hydrogen) atoms. The van der Waals surface area contributed by atoms with Gasteiger partial charge in [-0.15, -0.1) is 0 Å². The molecule has 0 spiro atoms. The Bertz CT molecular complexity index is 758. The lowest BCUT2D eigenvalue weighted by Crippen LogP contribution is -2.35. The van der Waals surface area contributed by atoms with Gasteiger partial charge in [0.15, 0.2) is 5.57 Å². The Balaban J connectivity index is 2.12. The van der Waals surface area contributed by atoms with Crippen molar-refractivity contribution in [3.8, 4) is 6.07 Å². The maximum atomic E-state index is 12.5. The van der Waals surface area contributed by atoms with Crippen molar-refractivity contribution in [2.24, 2.45) is 0 Å². The number of ether oxygens (including phenoxy) is 1. The summed E-state index contributed by atoms with van der Waals surface area (Å²) < 4.78 is 31.0. The van der Waals surface area contributed by atoms with Gasteiger partial charge in [0.1, 0.15) is 6.07 Å². The van der Waals surface area contributed by atoms with Crippen LogP contribution in [-0.2, 0) is 19.6 Å². The molecule has 1 fully saturated rings. The van der Waals surface area contributed by atoms with Crippen molar-refractivity contribution >= 4 is 21.7 Å². The molecule has 1 N–H and O–H groups in total. The molecule has 1 aromatic carbocycles. The number of hydrogen-bond donors (Lipinski definition) is 1. The SMILES string of the molecule is COC(=O)/C(C#N)=C/Nc1ccc(S(=O)(=O)N2CCCCC2)cc1. The summed E-state index contributed by atoms with van der Waals surface area (Å²) in [4.78, 5) is 11.5. The third-order valence-corrected chi connectivity index (χ3v) is 5.63. The Hall–Kier alpha value is -2.37. The van der Waals surface area contributed by atoms with Crippen LogP contribution in [0.1, 0.15) is 19.3 Å².